The minimum atomic E-state index is -1.03. The monoisotopic (exact) mass is 438 g/mol. The molecule has 1 aliphatic heterocycles. The molecule has 168 valence electrons. The normalized spacial score (nSPS) is 18.6. The van der Waals surface area contributed by atoms with E-state index < -0.39 is 29.6 Å². The van der Waals surface area contributed by atoms with Gasteiger partial charge in [-0.1, -0.05) is 29.8 Å². The van der Waals surface area contributed by atoms with Crippen LogP contribution in [0.4, 0.5) is 4.39 Å². The second kappa shape index (κ2) is 9.74. The summed E-state index contributed by atoms with van der Waals surface area (Å²) in [6, 6.07) is 11.6. The summed E-state index contributed by atoms with van der Waals surface area (Å²) in [5.41, 5.74) is 8.79. The molecule has 4 N–H and O–H groups in total. The third-order valence-corrected chi connectivity index (χ3v) is 5.46. The molecular weight excluding hydrogens is 411 g/mol. The number of nitrogens with one attached hydrogen (secondary N) is 2. The highest BCUT2D eigenvalue weighted by atomic mass is 19.1. The minimum Gasteiger partial charge on any atom is -0.385 e. The van der Waals surface area contributed by atoms with E-state index in [0.717, 1.165) is 5.56 Å². The van der Waals surface area contributed by atoms with Crippen molar-refractivity contribution >= 4 is 17.5 Å². The van der Waals surface area contributed by atoms with Gasteiger partial charge in [0.05, 0.1) is 13.2 Å². The Balaban J connectivity index is 2.10. The van der Waals surface area contributed by atoms with Crippen molar-refractivity contribution in [2.75, 3.05) is 20.3 Å². The first-order valence-corrected chi connectivity index (χ1v) is 10.2. The van der Waals surface area contributed by atoms with Crippen LogP contribution in [0.15, 0.2) is 59.9 Å². The van der Waals surface area contributed by atoms with Crippen LogP contribution in [0.3, 0.4) is 0 Å². The van der Waals surface area contributed by atoms with E-state index in [2.05, 4.69) is 5.32 Å². The van der Waals surface area contributed by atoms with Gasteiger partial charge in [0.15, 0.2) is 0 Å². The highest BCUT2D eigenvalue weighted by Gasteiger charge is 2.43. The number of nitrogens with two attached hydrogens (primary N) is 1. The van der Waals surface area contributed by atoms with E-state index in [1.165, 1.54) is 24.1 Å². The van der Waals surface area contributed by atoms with Gasteiger partial charge in [-0.2, -0.15) is 0 Å². The molecule has 0 aliphatic carbocycles. The van der Waals surface area contributed by atoms with Gasteiger partial charge in [-0.05, 0) is 43.7 Å². The Morgan fingerprint density at radius 2 is 1.94 bits per heavy atom. The van der Waals surface area contributed by atoms with Crippen molar-refractivity contribution in [2.24, 2.45) is 5.73 Å². The van der Waals surface area contributed by atoms with Gasteiger partial charge in [-0.15, -0.1) is 0 Å². The number of methoxy groups -OCH3 is 1. The number of benzene rings is 2. The van der Waals surface area contributed by atoms with E-state index in [0.29, 0.717) is 16.7 Å². The molecule has 0 fully saturated rings. The molecule has 7 nitrogen and oxygen atoms in total. The van der Waals surface area contributed by atoms with Gasteiger partial charge in [0, 0.05) is 29.9 Å². The lowest BCUT2D eigenvalue weighted by atomic mass is 9.79. The van der Waals surface area contributed by atoms with Gasteiger partial charge in [0.25, 0.3) is 11.8 Å². The number of hydrogen-bond donors (Lipinski definition) is 3. The Morgan fingerprint density at radius 3 is 2.53 bits per heavy atom. The first-order valence-electron chi connectivity index (χ1n) is 10.2. The number of aryl methyl sites for hydroxylation is 1. The number of hydrogen-bond acceptors (Lipinski definition) is 5. The van der Waals surface area contributed by atoms with E-state index in [9.17, 15) is 14.0 Å². The van der Waals surface area contributed by atoms with Gasteiger partial charge in [0.1, 0.15) is 17.7 Å². The lowest BCUT2D eigenvalue weighted by Gasteiger charge is -2.40. The summed E-state index contributed by atoms with van der Waals surface area (Å²) in [7, 11) is 1.51. The second-order valence-electron chi connectivity index (χ2n) is 7.76. The average molecular weight is 439 g/mol. The zero-order valence-corrected chi connectivity index (χ0v) is 18.3. The number of nitrogens with zero attached hydrogens (tertiary/aromatic N) is 1. The molecule has 0 spiro atoms. The van der Waals surface area contributed by atoms with Crippen molar-refractivity contribution in [1.29, 1.82) is 5.41 Å². The Labute approximate surface area is 186 Å². The van der Waals surface area contributed by atoms with Gasteiger partial charge < -0.3 is 21.2 Å². The zero-order valence-electron chi connectivity index (χ0n) is 18.3. The Bertz CT molecular complexity index is 1070. The molecular formula is C24H27FN4O3. The third kappa shape index (κ3) is 4.70. The highest BCUT2D eigenvalue weighted by molar-refractivity contribution is 6.04. The fourth-order valence-electron chi connectivity index (χ4n) is 3.92. The molecule has 2 aromatic carbocycles. The summed E-state index contributed by atoms with van der Waals surface area (Å²) in [5, 5.41) is 11.2. The summed E-state index contributed by atoms with van der Waals surface area (Å²) < 4.78 is 18.7. The quantitative estimate of drug-likeness (QED) is 0.578. The molecule has 0 radical (unpaired) electrons. The Hall–Kier alpha value is -3.52. The van der Waals surface area contributed by atoms with Gasteiger partial charge in [-0.25, -0.2) is 4.39 Å². The molecule has 3 rings (SSSR count). The molecule has 2 aromatic rings. The molecule has 0 saturated carbocycles. The van der Waals surface area contributed by atoms with E-state index >= 15 is 0 Å². The third-order valence-electron chi connectivity index (χ3n) is 5.46. The lowest BCUT2D eigenvalue weighted by molar-refractivity contribution is -0.133. The van der Waals surface area contributed by atoms with E-state index in [-0.39, 0.29) is 24.7 Å². The second-order valence-corrected chi connectivity index (χ2v) is 7.76. The van der Waals surface area contributed by atoms with E-state index in [1.807, 2.05) is 13.0 Å². The Kier molecular flexibility index (Phi) is 7.05. The maximum atomic E-state index is 13.6. The predicted octanol–water partition coefficient (Wildman–Crippen LogP) is 2.71. The van der Waals surface area contributed by atoms with Gasteiger partial charge in [0.2, 0.25) is 0 Å². The van der Waals surface area contributed by atoms with Gasteiger partial charge in [-0.3, -0.25) is 14.5 Å². The number of ether oxygens (including phenoxy) is 1. The first kappa shape index (κ1) is 23.1. The van der Waals surface area contributed by atoms with Crippen LogP contribution in [0.25, 0.3) is 0 Å². The van der Waals surface area contributed by atoms with Crippen molar-refractivity contribution in [2.45, 2.75) is 25.8 Å². The van der Waals surface area contributed by atoms with E-state index in [1.54, 1.807) is 37.3 Å². The summed E-state index contributed by atoms with van der Waals surface area (Å²) in [5.74, 6) is -1.88. The Morgan fingerprint density at radius 1 is 1.25 bits per heavy atom. The SMILES string of the molecule is COCCN1C(=O)[C@@H](NC(=O)c2cccc(C)c2)[C@@H](c2ccc(F)cc2)C(C(C)=N)=C1N. The van der Waals surface area contributed by atoms with Crippen molar-refractivity contribution < 1.29 is 18.7 Å². The molecule has 32 heavy (non-hydrogen) atoms. The molecule has 0 aromatic heterocycles. The van der Waals surface area contributed by atoms with Crippen molar-refractivity contribution in [3.8, 4) is 0 Å². The standard InChI is InChI=1S/C24H27FN4O3/c1-14-5-4-6-17(13-14)23(30)28-21-20(16-7-9-18(25)10-8-16)19(15(2)26)22(27)29(24(21)31)11-12-32-3/h4-10,13,20-21,26H,11-12,27H2,1-3H3,(H,28,30)/t20-,21-/m0/s1. The molecule has 0 saturated heterocycles. The topological polar surface area (TPSA) is 109 Å². The van der Waals surface area contributed by atoms with Gasteiger partial charge >= 0.3 is 0 Å². The van der Waals surface area contributed by atoms with Crippen LogP contribution in [-0.2, 0) is 9.53 Å². The number of halogens is 1. The number of carbonyl (C=O) groups is 2. The lowest BCUT2D eigenvalue weighted by Crippen LogP contribution is -2.57. The highest BCUT2D eigenvalue weighted by Crippen LogP contribution is 2.36. The number of rotatable bonds is 7. The summed E-state index contributed by atoms with van der Waals surface area (Å²) in [6.07, 6.45) is 0. The largest absolute Gasteiger partial charge is 0.385 e. The zero-order chi connectivity index (χ0) is 23.4. The molecule has 2 atom stereocenters. The summed E-state index contributed by atoms with van der Waals surface area (Å²) in [4.78, 5) is 27.9. The molecule has 0 bridgehead atoms. The fourth-order valence-corrected chi connectivity index (χ4v) is 3.92. The van der Waals surface area contributed by atoms with Crippen molar-refractivity contribution in [3.05, 3.63) is 82.4 Å². The molecule has 8 heteroatoms. The van der Waals surface area contributed by atoms with Crippen molar-refractivity contribution in [1.82, 2.24) is 10.2 Å². The minimum absolute atomic E-state index is 0.134. The molecule has 1 heterocycles. The summed E-state index contributed by atoms with van der Waals surface area (Å²) in [6.45, 7) is 3.85. The average Bonchev–Trinajstić information content (AvgIpc) is 2.75. The van der Waals surface area contributed by atoms with Crippen LogP contribution in [0.1, 0.15) is 34.3 Å². The number of amides is 2. The molecule has 2 amide bonds. The molecule has 1 aliphatic rings. The predicted molar refractivity (Wildman–Crippen MR) is 120 cm³/mol. The van der Waals surface area contributed by atoms with E-state index in [4.69, 9.17) is 15.9 Å². The maximum absolute atomic E-state index is 13.6. The van der Waals surface area contributed by atoms with Crippen molar-refractivity contribution in [3.63, 3.8) is 0 Å². The van der Waals surface area contributed by atoms with Crippen LogP contribution in [0.5, 0.6) is 0 Å². The number of carbonyl (C=O) groups excluding carboxylic acids is 2. The van der Waals surface area contributed by atoms with Crippen LogP contribution >= 0.6 is 0 Å². The maximum Gasteiger partial charge on any atom is 0.251 e. The van der Waals surface area contributed by atoms with Crippen LogP contribution in [0, 0.1) is 18.2 Å². The molecule has 0 unspecified atom stereocenters. The van der Waals surface area contributed by atoms with Crippen LogP contribution in [0.2, 0.25) is 0 Å². The first-order chi connectivity index (χ1) is 15.2. The summed E-state index contributed by atoms with van der Waals surface area (Å²) >= 11 is 0. The van der Waals surface area contributed by atoms with Crippen LogP contribution < -0.4 is 11.1 Å². The fraction of sp³-hybridized carbons (Fsp3) is 0.292. The van der Waals surface area contributed by atoms with Crippen LogP contribution in [-0.4, -0.2) is 48.7 Å². The smallest absolute Gasteiger partial charge is 0.251 e.